The van der Waals surface area contributed by atoms with Crippen LogP contribution in [-0.2, 0) is 11.3 Å². The van der Waals surface area contributed by atoms with Gasteiger partial charge in [0.2, 0.25) is 0 Å². The molecule has 3 aromatic rings. The van der Waals surface area contributed by atoms with Crippen LogP contribution in [0.4, 0.5) is 5.82 Å². The maximum Gasteiger partial charge on any atom is 0.343 e. The lowest BCUT2D eigenvalue weighted by molar-refractivity contribution is -0.369. The normalized spacial score (nSPS) is 11.1. The van der Waals surface area contributed by atoms with Crippen LogP contribution in [0.15, 0.2) is 24.3 Å². The lowest BCUT2D eigenvalue weighted by atomic mass is 10.2. The van der Waals surface area contributed by atoms with E-state index in [1.54, 1.807) is 4.57 Å². The minimum Gasteiger partial charge on any atom is -0.465 e. The van der Waals surface area contributed by atoms with Crippen LogP contribution in [0.3, 0.4) is 0 Å². The van der Waals surface area contributed by atoms with E-state index in [4.69, 9.17) is 10.5 Å². The summed E-state index contributed by atoms with van der Waals surface area (Å²) < 4.78 is 6.57. The summed E-state index contributed by atoms with van der Waals surface area (Å²) >= 11 is 0. The number of para-hydroxylation sites is 2. The monoisotopic (exact) mass is 286 g/mol. The molecule has 21 heavy (non-hydrogen) atoms. The van der Waals surface area contributed by atoms with E-state index in [0.29, 0.717) is 35.6 Å². The average molecular weight is 286 g/mol. The second-order valence-corrected chi connectivity index (χ2v) is 4.64. The van der Waals surface area contributed by atoms with Crippen molar-refractivity contribution in [3.63, 3.8) is 0 Å². The molecule has 0 fully saturated rings. The Bertz CT molecular complexity index is 840. The van der Waals surface area contributed by atoms with Crippen molar-refractivity contribution in [2.45, 2.75) is 6.54 Å². The van der Waals surface area contributed by atoms with Crippen LogP contribution >= 0.6 is 0 Å². The fourth-order valence-electron chi connectivity index (χ4n) is 2.40. The van der Waals surface area contributed by atoms with Crippen molar-refractivity contribution in [3.05, 3.63) is 29.8 Å². The number of carbonyl (C=O) groups excluding carboxylic acids is 1. The summed E-state index contributed by atoms with van der Waals surface area (Å²) in [5, 5.41) is 0. The Morgan fingerprint density at radius 2 is 2.00 bits per heavy atom. The lowest BCUT2D eigenvalue weighted by Crippen LogP contribution is -2.52. The van der Waals surface area contributed by atoms with Crippen LogP contribution < -0.4 is 11.5 Å². The highest BCUT2D eigenvalue weighted by atomic mass is 16.5. The van der Waals surface area contributed by atoms with E-state index >= 15 is 0 Å². The van der Waals surface area contributed by atoms with Gasteiger partial charge < -0.3 is 20.8 Å². The summed E-state index contributed by atoms with van der Waals surface area (Å²) in [6.45, 7) is 1.19. The topological polar surface area (TPSA) is 111 Å². The number of nitrogens with zero attached hydrogens (tertiary/aromatic N) is 3. The van der Waals surface area contributed by atoms with Crippen molar-refractivity contribution in [2.24, 2.45) is 0 Å². The fourth-order valence-corrected chi connectivity index (χ4v) is 2.40. The molecule has 0 bridgehead atoms. The number of esters is 1. The van der Waals surface area contributed by atoms with Gasteiger partial charge in [-0.3, -0.25) is 0 Å². The molecule has 7 nitrogen and oxygen atoms in total. The van der Waals surface area contributed by atoms with Crippen molar-refractivity contribution in [3.8, 4) is 0 Å². The number of methoxy groups -OCH3 is 1. The maximum absolute atomic E-state index is 12.0. The first-order valence-electron chi connectivity index (χ1n) is 6.59. The summed E-state index contributed by atoms with van der Waals surface area (Å²) in [6.07, 6.45) is 0. The first kappa shape index (κ1) is 13.3. The predicted octanol–water partition coefficient (Wildman–Crippen LogP) is 0.195. The van der Waals surface area contributed by atoms with Crippen LogP contribution in [0.25, 0.3) is 22.2 Å². The molecule has 2 aromatic heterocycles. The standard InChI is InChI=1S/C14H15N5O2/c1-21-14(20)10-11-13(19(7-6-15)12(10)16)18-9-5-3-2-4-8(9)17-11/h2-5H,6-7,15-16H2,1H3/p+1. The maximum atomic E-state index is 12.0. The highest BCUT2D eigenvalue weighted by molar-refractivity contribution is 6.08. The van der Waals surface area contributed by atoms with Crippen molar-refractivity contribution >= 4 is 34.0 Å². The van der Waals surface area contributed by atoms with E-state index in [1.807, 2.05) is 24.3 Å². The van der Waals surface area contributed by atoms with Crippen LogP contribution in [0, 0.1) is 0 Å². The molecule has 108 valence electrons. The zero-order valence-corrected chi connectivity index (χ0v) is 11.7. The fraction of sp³-hybridized carbons (Fsp3) is 0.214. The second kappa shape index (κ2) is 5.02. The van der Waals surface area contributed by atoms with Gasteiger partial charge in [0.15, 0.2) is 5.65 Å². The molecule has 0 aliphatic heterocycles. The van der Waals surface area contributed by atoms with Gasteiger partial charge in [-0.2, -0.15) is 0 Å². The van der Waals surface area contributed by atoms with Crippen LogP contribution in [0.5, 0.6) is 0 Å². The van der Waals surface area contributed by atoms with E-state index < -0.39 is 5.97 Å². The van der Waals surface area contributed by atoms with Crippen molar-refractivity contribution in [2.75, 3.05) is 19.4 Å². The highest BCUT2D eigenvalue weighted by Crippen LogP contribution is 2.28. The van der Waals surface area contributed by atoms with E-state index in [-0.39, 0.29) is 5.56 Å². The Kier molecular flexibility index (Phi) is 3.19. The lowest BCUT2D eigenvalue weighted by Gasteiger charge is -2.04. The van der Waals surface area contributed by atoms with E-state index in [1.165, 1.54) is 7.11 Å². The second-order valence-electron chi connectivity index (χ2n) is 4.64. The Labute approximate surface area is 120 Å². The summed E-state index contributed by atoms with van der Waals surface area (Å²) in [5.74, 6) is -0.194. The molecule has 0 spiro atoms. The summed E-state index contributed by atoms with van der Waals surface area (Å²) in [6, 6.07) is 7.48. The molecule has 7 heteroatoms. The van der Waals surface area contributed by atoms with Crippen LogP contribution in [0.1, 0.15) is 10.4 Å². The number of nitrogens with two attached hydrogens (primary N) is 1. The Morgan fingerprint density at radius 1 is 1.33 bits per heavy atom. The van der Waals surface area contributed by atoms with Gasteiger partial charge in [-0.15, -0.1) is 0 Å². The number of rotatable bonds is 3. The smallest absolute Gasteiger partial charge is 0.343 e. The number of anilines is 1. The average Bonchev–Trinajstić information content (AvgIpc) is 2.77. The quantitative estimate of drug-likeness (QED) is 0.668. The number of hydrogen-bond acceptors (Lipinski definition) is 5. The van der Waals surface area contributed by atoms with Crippen molar-refractivity contribution < 1.29 is 15.3 Å². The number of fused-ring (bicyclic) bond motifs is 2. The molecule has 0 unspecified atom stereocenters. The highest BCUT2D eigenvalue weighted by Gasteiger charge is 2.24. The van der Waals surface area contributed by atoms with Gasteiger partial charge >= 0.3 is 5.97 Å². The number of hydrogen-bond donors (Lipinski definition) is 2. The first-order chi connectivity index (χ1) is 10.2. The summed E-state index contributed by atoms with van der Waals surface area (Å²) in [5.41, 5.74) is 12.7. The molecular formula is C14H16N5O2+. The molecule has 0 saturated carbocycles. The van der Waals surface area contributed by atoms with Gasteiger partial charge in [0, 0.05) is 0 Å². The zero-order chi connectivity index (χ0) is 15.0. The zero-order valence-electron chi connectivity index (χ0n) is 11.7. The Morgan fingerprint density at radius 3 is 2.62 bits per heavy atom. The van der Waals surface area contributed by atoms with Gasteiger partial charge in [0.05, 0.1) is 31.2 Å². The van der Waals surface area contributed by atoms with E-state index in [0.717, 1.165) is 5.52 Å². The molecule has 2 heterocycles. The van der Waals surface area contributed by atoms with Gasteiger partial charge in [-0.1, -0.05) is 12.1 Å². The van der Waals surface area contributed by atoms with E-state index in [2.05, 4.69) is 15.7 Å². The third-order valence-corrected chi connectivity index (χ3v) is 3.36. The number of ether oxygens (including phenoxy) is 1. The Balaban J connectivity index is 2.42. The summed E-state index contributed by atoms with van der Waals surface area (Å²) in [7, 11) is 1.32. The summed E-state index contributed by atoms with van der Waals surface area (Å²) in [4.78, 5) is 21.1. The molecule has 0 aliphatic rings. The van der Waals surface area contributed by atoms with Crippen molar-refractivity contribution in [1.82, 2.24) is 14.5 Å². The number of nitrogen functional groups attached to an aromatic ring is 1. The largest absolute Gasteiger partial charge is 0.465 e. The minimum atomic E-state index is -0.509. The molecule has 0 atom stereocenters. The van der Waals surface area contributed by atoms with Gasteiger partial charge in [0.25, 0.3) is 0 Å². The molecule has 0 amide bonds. The first-order valence-corrected chi connectivity index (χ1v) is 6.59. The minimum absolute atomic E-state index is 0.263. The number of quaternary nitrogens is 1. The van der Waals surface area contributed by atoms with Crippen LogP contribution in [-0.4, -0.2) is 34.2 Å². The Hall–Kier alpha value is -2.67. The van der Waals surface area contributed by atoms with Gasteiger partial charge in [-0.05, 0) is 12.1 Å². The molecule has 0 radical (unpaired) electrons. The molecule has 3 rings (SSSR count). The van der Waals surface area contributed by atoms with Gasteiger partial charge in [0.1, 0.15) is 16.9 Å². The number of aromatic nitrogens is 3. The number of carbonyl (C=O) groups is 1. The molecule has 0 saturated heterocycles. The third kappa shape index (κ3) is 1.98. The van der Waals surface area contributed by atoms with E-state index in [9.17, 15) is 4.79 Å². The molecule has 0 aliphatic carbocycles. The molecular weight excluding hydrogens is 270 g/mol. The SMILES string of the molecule is COC(=O)c1c(N)n(CC[NH3+])c2nc3ccccc3nc12. The molecule has 1 aromatic carbocycles. The number of benzene rings is 1. The van der Waals surface area contributed by atoms with Crippen molar-refractivity contribution in [1.29, 1.82) is 0 Å². The molecule has 5 N–H and O–H groups in total. The predicted molar refractivity (Wildman–Crippen MR) is 78.5 cm³/mol. The van der Waals surface area contributed by atoms with Crippen LogP contribution in [0.2, 0.25) is 0 Å². The third-order valence-electron chi connectivity index (χ3n) is 3.36. The van der Waals surface area contributed by atoms with Gasteiger partial charge in [-0.25, -0.2) is 14.8 Å².